The lowest BCUT2D eigenvalue weighted by Gasteiger charge is -2.47. The van der Waals surface area contributed by atoms with Crippen LogP contribution in [0.5, 0.6) is 0 Å². The van der Waals surface area contributed by atoms with Crippen molar-refractivity contribution in [1.29, 1.82) is 0 Å². The Morgan fingerprint density at radius 2 is 1.25 bits per heavy atom. The Kier molecular flexibility index (Phi) is 35.8. The Hall–Kier alpha value is -4.45. The van der Waals surface area contributed by atoms with Crippen LogP contribution in [0.1, 0.15) is 250 Å². The lowest BCUT2D eigenvalue weighted by Crippen LogP contribution is -2.59. The van der Waals surface area contributed by atoms with Crippen molar-refractivity contribution in [3.8, 4) is 0 Å². The molecule has 32 atom stereocenters. The molecule has 1 aromatic rings. The Bertz CT molecular complexity index is 3180. The average molecular weight is 1560 g/mol. The molecular formula is C82H130O28. The van der Waals surface area contributed by atoms with Crippen LogP contribution in [0.15, 0.2) is 54.2 Å². The number of benzene rings is 1. The Balaban J connectivity index is 0.943. The molecule has 5 aliphatic heterocycles. The lowest BCUT2D eigenvalue weighted by molar-refractivity contribution is -0.330. The molecular weight excluding hydrogens is 1430 g/mol. The van der Waals surface area contributed by atoms with E-state index in [0.717, 1.165) is 6.08 Å². The molecule has 1 aliphatic carbocycles. The number of esters is 2. The van der Waals surface area contributed by atoms with Crippen LogP contribution in [0.2, 0.25) is 0 Å². The van der Waals surface area contributed by atoms with Gasteiger partial charge in [-0.15, -0.1) is 0 Å². The van der Waals surface area contributed by atoms with Gasteiger partial charge in [0.1, 0.15) is 24.4 Å². The number of allylic oxidation sites excluding steroid dienone is 2. The van der Waals surface area contributed by atoms with Crippen LogP contribution in [-0.4, -0.2) is 253 Å². The molecule has 14 N–H and O–H groups in total. The predicted octanol–water partition coefficient (Wildman–Crippen LogP) is 5.79. The molecule has 1 aromatic carbocycles. The third-order valence-electron chi connectivity index (χ3n) is 23.3. The minimum absolute atomic E-state index is 0.0503. The smallest absolute Gasteiger partial charge is 0.330 e. The number of rotatable bonds is 17. The highest BCUT2D eigenvalue weighted by molar-refractivity contribution is 6.24. The lowest BCUT2D eigenvalue weighted by atomic mass is 9.78. The van der Waals surface area contributed by atoms with Gasteiger partial charge in [-0.2, -0.15) is 0 Å². The molecule has 0 aromatic heterocycles. The number of hydrogen-bond donors (Lipinski definition) is 14. The van der Waals surface area contributed by atoms with Gasteiger partial charge >= 0.3 is 11.9 Å². The molecule has 0 unspecified atom stereocenters. The number of aliphatic hydroxyl groups is 14. The number of ether oxygens (including phenoxy) is 9. The molecule has 0 radical (unpaired) electrons. The summed E-state index contributed by atoms with van der Waals surface area (Å²) in [6, 6.07) is 4.77. The summed E-state index contributed by atoms with van der Waals surface area (Å²) in [5, 5.41) is 156. The molecule has 6 aliphatic rings. The summed E-state index contributed by atoms with van der Waals surface area (Å²) < 4.78 is 56.1. The van der Waals surface area contributed by atoms with Crippen molar-refractivity contribution < 1.29 is 138 Å². The van der Waals surface area contributed by atoms with E-state index in [1.54, 1.807) is 100 Å². The molecule has 28 nitrogen and oxygen atoms in total. The summed E-state index contributed by atoms with van der Waals surface area (Å²) in [5.74, 6) is -10.5. The number of aliphatic hydroxyl groups excluding tert-OH is 12. The largest absolute Gasteiger partial charge is 0.459 e. The summed E-state index contributed by atoms with van der Waals surface area (Å²) in [5.41, 5.74) is -0.336. The fraction of sp³-hybridized carbons (Fsp3) is 0.793. The second kappa shape index (κ2) is 42.4. The van der Waals surface area contributed by atoms with Crippen LogP contribution >= 0.6 is 0 Å². The normalized spacial score (nSPS) is 39.5. The van der Waals surface area contributed by atoms with E-state index in [4.69, 9.17) is 42.6 Å². The molecule has 4 saturated heterocycles. The number of carbonyl (C=O) groups excluding carboxylic acids is 5. The van der Waals surface area contributed by atoms with Crippen LogP contribution in [0.3, 0.4) is 0 Å². The van der Waals surface area contributed by atoms with Crippen molar-refractivity contribution in [2.75, 3.05) is 0 Å². The van der Waals surface area contributed by atoms with Crippen molar-refractivity contribution >= 4 is 29.3 Å². The van der Waals surface area contributed by atoms with Crippen molar-refractivity contribution in [1.82, 2.24) is 0 Å². The SMILES string of the molecule is CC[C@@H](O[C@H]1C[C@](C)(O)[C@@H](O[C@H]2CC[C@@H](OC(=O)[C@H](C)[C@@H](O[C@H]3CC[C@H](O)[C@@H](C)O3)c3ccc4c(c3)C(=O)C=C(C)C4=O)[C@@H](C)O2)[C@@H](C)O1)[C@H](C)[C@H](O)[C@@H](C)[C@@H](O)[C@H](C)[C@H]1OC(=O)/C=C\C[C@@H](O)C[C@H](O)CCC[C@@H](O)CC[C@@H](C)[C@@H](O)C(=O)[C@]2(O)C[C@H](O)C[C@H](C[C@@H](O)C[C@@H](O)C[C@@H](O)CCC[C@H](O)/C=C\[C@H]1C)O2. The molecule has 0 amide bonds. The van der Waals surface area contributed by atoms with Gasteiger partial charge in [0.2, 0.25) is 11.6 Å². The van der Waals surface area contributed by atoms with Crippen LogP contribution in [-0.2, 0) is 57.0 Å². The molecule has 626 valence electrons. The standard InChI is InChI=1S/C82H130O28/c1-13-66(105-71-41-81(12,100)79(51(11)104-71)109-70-32-30-67(50(10)103-70)106-80(99)48(8)77(108-69-31-29-64(91)49(9)102-69)52-25-28-62-63(34-52)65(92)33-44(4)72(62)94)45(5)74(96)46(6)75(97)47(7)76-43(3)24-27-54(84)18-15-20-57(87)36-58(88)37-59(89)38-61-39-60(90)40-82(101,110-61)78(98)73(95)42(2)23-26-53(83)17-14-19-55(85)35-56(86)21-16-22-68(93)107-76/h16,22,24-25,27-28,33-34,42-43,45-51,53-61,64,66-67,69-71,73-77,79,83-91,95-97,100-101H,13-15,17-21,23,26,29-32,35-41H2,1-12H3/b22-16-,27-24-/t42-,43-,45+,46-,47+,48-,49-,50-,51-,53-,54+,55-,56-,57+,58+,59+,60-,61+,64+,66-,67-,69+,70+,71+,73-,74+,75-,76+,77-,79+,81+,82+/m1/s1. The number of carbonyl (C=O) groups is 5. The zero-order chi connectivity index (χ0) is 81.4. The van der Waals surface area contributed by atoms with Gasteiger partial charge in [-0.1, -0.05) is 65.8 Å². The first-order valence-electron chi connectivity index (χ1n) is 40.1. The van der Waals surface area contributed by atoms with Crippen molar-refractivity contribution in [2.24, 2.45) is 35.5 Å². The zero-order valence-electron chi connectivity index (χ0n) is 66.3. The minimum Gasteiger partial charge on any atom is -0.459 e. The Labute approximate surface area is 647 Å². The van der Waals surface area contributed by atoms with Crippen LogP contribution in [0, 0.1) is 35.5 Å². The van der Waals surface area contributed by atoms with E-state index in [1.807, 2.05) is 6.92 Å². The first-order chi connectivity index (χ1) is 51.7. The van der Waals surface area contributed by atoms with E-state index >= 15 is 0 Å². The fourth-order valence-corrected chi connectivity index (χ4v) is 16.4. The van der Waals surface area contributed by atoms with Gasteiger partial charge in [0.15, 0.2) is 30.4 Å². The van der Waals surface area contributed by atoms with Gasteiger partial charge in [0.05, 0.1) is 115 Å². The van der Waals surface area contributed by atoms with E-state index in [1.165, 1.54) is 18.2 Å². The quantitative estimate of drug-likeness (QED) is 0.0648. The van der Waals surface area contributed by atoms with Crippen LogP contribution < -0.4 is 0 Å². The first kappa shape index (κ1) is 92.7. The Morgan fingerprint density at radius 3 is 1.91 bits per heavy atom. The Morgan fingerprint density at radius 1 is 0.627 bits per heavy atom. The molecule has 4 fully saturated rings. The van der Waals surface area contributed by atoms with Gasteiger partial charge in [-0.05, 0) is 180 Å². The van der Waals surface area contributed by atoms with Crippen LogP contribution in [0.25, 0.3) is 0 Å². The molecule has 7 rings (SSSR count). The van der Waals surface area contributed by atoms with Gasteiger partial charge in [0.25, 0.3) is 0 Å². The number of cyclic esters (lactones) is 1. The average Bonchev–Trinajstić information content (AvgIpc) is 0.796. The van der Waals surface area contributed by atoms with Crippen molar-refractivity contribution in [3.63, 3.8) is 0 Å². The third-order valence-corrected chi connectivity index (χ3v) is 23.3. The molecule has 5 heterocycles. The van der Waals surface area contributed by atoms with Gasteiger partial charge in [-0.3, -0.25) is 19.2 Å². The van der Waals surface area contributed by atoms with Crippen LogP contribution in [0.4, 0.5) is 0 Å². The number of hydrogen-bond acceptors (Lipinski definition) is 28. The van der Waals surface area contributed by atoms with Crippen molar-refractivity contribution in [2.45, 2.75) is 376 Å². The summed E-state index contributed by atoms with van der Waals surface area (Å²) in [4.78, 5) is 67.5. The van der Waals surface area contributed by atoms with E-state index in [2.05, 4.69) is 0 Å². The predicted molar refractivity (Wildman–Crippen MR) is 399 cm³/mol. The second-order valence-electron chi connectivity index (χ2n) is 33.0. The summed E-state index contributed by atoms with van der Waals surface area (Å²) in [6.45, 7) is 20.3. The molecule has 0 spiro atoms. The van der Waals surface area contributed by atoms with Gasteiger partial charge in [0, 0.05) is 72.1 Å². The maximum Gasteiger partial charge on any atom is 0.330 e. The summed E-state index contributed by atoms with van der Waals surface area (Å²) >= 11 is 0. The number of Topliss-reactive ketones (excluding diaryl/α,β-unsaturated/α-hetero) is 2. The molecule has 0 saturated carbocycles. The number of ketones is 3. The fourth-order valence-electron chi connectivity index (χ4n) is 16.4. The summed E-state index contributed by atoms with van der Waals surface area (Å²) in [7, 11) is 0. The monoisotopic (exact) mass is 1560 g/mol. The van der Waals surface area contributed by atoms with Gasteiger partial charge in [-0.25, -0.2) is 4.79 Å². The zero-order valence-corrected chi connectivity index (χ0v) is 66.3. The van der Waals surface area contributed by atoms with E-state index in [9.17, 15) is 95.5 Å². The van der Waals surface area contributed by atoms with E-state index in [-0.39, 0.29) is 113 Å². The minimum atomic E-state index is -2.58. The topological polar surface area (TPSA) is 452 Å². The highest BCUT2D eigenvalue weighted by atomic mass is 16.7. The molecule has 28 heteroatoms. The van der Waals surface area contributed by atoms with Gasteiger partial charge < -0.3 is 114 Å². The highest BCUT2D eigenvalue weighted by Gasteiger charge is 2.52. The second-order valence-corrected chi connectivity index (χ2v) is 33.0. The maximum atomic E-state index is 14.2. The molecule has 110 heavy (non-hydrogen) atoms. The summed E-state index contributed by atoms with van der Waals surface area (Å²) in [6.07, 6.45) is -14.6. The highest BCUT2D eigenvalue weighted by Crippen LogP contribution is 2.41. The molecule has 2 bridgehead atoms. The first-order valence-corrected chi connectivity index (χ1v) is 40.1. The maximum absolute atomic E-state index is 14.2. The van der Waals surface area contributed by atoms with E-state index < -0.39 is 218 Å². The third kappa shape index (κ3) is 26.3. The van der Waals surface area contributed by atoms with E-state index in [0.29, 0.717) is 49.7 Å². The number of fused-ring (bicyclic) bond motifs is 3. The van der Waals surface area contributed by atoms with Crippen molar-refractivity contribution in [3.05, 3.63) is 70.8 Å².